The summed E-state index contributed by atoms with van der Waals surface area (Å²) in [7, 11) is 1.97. The van der Waals surface area contributed by atoms with Gasteiger partial charge in [-0.15, -0.1) is 0 Å². The third-order valence-electron chi connectivity index (χ3n) is 5.28. The van der Waals surface area contributed by atoms with Crippen LogP contribution in [0.1, 0.15) is 39.0 Å². The monoisotopic (exact) mass is 314 g/mol. The van der Waals surface area contributed by atoms with E-state index in [9.17, 15) is 0 Å². The number of aryl methyl sites for hydroxylation is 1. The van der Waals surface area contributed by atoms with Crippen molar-refractivity contribution in [3.63, 3.8) is 0 Å². The summed E-state index contributed by atoms with van der Waals surface area (Å²) < 4.78 is 1.88. The van der Waals surface area contributed by atoms with Crippen LogP contribution in [0.3, 0.4) is 0 Å². The van der Waals surface area contributed by atoms with E-state index in [1.54, 1.807) is 0 Å². The average molecular weight is 314 g/mol. The van der Waals surface area contributed by atoms with Crippen LogP contribution in [0.15, 0.2) is 6.20 Å². The molecule has 6 nitrogen and oxygen atoms in total. The van der Waals surface area contributed by atoms with Crippen molar-refractivity contribution in [2.75, 3.05) is 36.0 Å². The molecule has 0 unspecified atom stereocenters. The summed E-state index contributed by atoms with van der Waals surface area (Å²) in [4.78, 5) is 14.6. The molecule has 2 aliphatic heterocycles. The number of anilines is 2. The van der Waals surface area contributed by atoms with Gasteiger partial charge in [-0.05, 0) is 38.0 Å². The van der Waals surface area contributed by atoms with Crippen LogP contribution in [-0.2, 0) is 7.05 Å². The summed E-state index contributed by atoms with van der Waals surface area (Å²) in [6.45, 7) is 6.64. The summed E-state index contributed by atoms with van der Waals surface area (Å²) in [6.07, 6.45) is 8.21. The lowest BCUT2D eigenvalue weighted by atomic mass is 10.00. The molecule has 2 aliphatic rings. The highest BCUT2D eigenvalue weighted by Crippen LogP contribution is 2.29. The molecule has 0 saturated carbocycles. The number of fused-ring (bicyclic) bond motifs is 1. The first kappa shape index (κ1) is 14.7. The Labute approximate surface area is 137 Å². The molecule has 0 bridgehead atoms. The topological polar surface area (TPSA) is 50.1 Å². The van der Waals surface area contributed by atoms with Crippen molar-refractivity contribution in [3.05, 3.63) is 6.20 Å². The number of hydrogen-bond acceptors (Lipinski definition) is 5. The minimum Gasteiger partial charge on any atom is -0.356 e. The lowest BCUT2D eigenvalue weighted by Crippen LogP contribution is -2.35. The third kappa shape index (κ3) is 2.75. The zero-order chi connectivity index (χ0) is 15.8. The maximum atomic E-state index is 4.97. The lowest BCUT2D eigenvalue weighted by Gasteiger charge is -2.32. The number of hydrogen-bond donors (Lipinski definition) is 0. The van der Waals surface area contributed by atoms with Crippen molar-refractivity contribution in [1.29, 1.82) is 0 Å². The van der Waals surface area contributed by atoms with Gasteiger partial charge < -0.3 is 9.80 Å². The number of aromatic nitrogens is 4. The second kappa shape index (κ2) is 5.98. The van der Waals surface area contributed by atoms with E-state index < -0.39 is 0 Å². The molecule has 4 rings (SSSR count). The van der Waals surface area contributed by atoms with E-state index in [-0.39, 0.29) is 0 Å². The Morgan fingerprint density at radius 1 is 0.957 bits per heavy atom. The first-order chi connectivity index (χ1) is 11.2. The Balaban J connectivity index is 1.74. The summed E-state index contributed by atoms with van der Waals surface area (Å²) in [5.74, 6) is 2.78. The van der Waals surface area contributed by atoms with Gasteiger partial charge in [0.25, 0.3) is 0 Å². The summed E-state index contributed by atoms with van der Waals surface area (Å²) in [5.41, 5.74) is 0.953. The minimum atomic E-state index is 0.813. The quantitative estimate of drug-likeness (QED) is 0.853. The number of nitrogens with zero attached hydrogens (tertiary/aromatic N) is 6. The molecule has 2 aromatic rings. The minimum absolute atomic E-state index is 0.813. The van der Waals surface area contributed by atoms with Crippen LogP contribution in [-0.4, -0.2) is 45.9 Å². The first-order valence-corrected chi connectivity index (χ1v) is 8.92. The van der Waals surface area contributed by atoms with Crippen molar-refractivity contribution >= 4 is 22.8 Å². The van der Waals surface area contributed by atoms with Gasteiger partial charge in [0.05, 0.1) is 11.6 Å². The molecular weight excluding hydrogens is 288 g/mol. The van der Waals surface area contributed by atoms with Gasteiger partial charge in [0, 0.05) is 33.2 Å². The Kier molecular flexibility index (Phi) is 3.83. The summed E-state index contributed by atoms with van der Waals surface area (Å²) >= 11 is 0. The van der Waals surface area contributed by atoms with Gasteiger partial charge >= 0.3 is 0 Å². The molecule has 124 valence electrons. The molecule has 0 N–H and O–H groups in total. The van der Waals surface area contributed by atoms with Gasteiger partial charge in [0.2, 0.25) is 5.95 Å². The first-order valence-electron chi connectivity index (χ1n) is 8.92. The predicted octanol–water partition coefficient (Wildman–Crippen LogP) is 2.59. The zero-order valence-corrected chi connectivity index (χ0v) is 14.2. The highest BCUT2D eigenvalue weighted by atomic mass is 15.3. The third-order valence-corrected chi connectivity index (χ3v) is 5.28. The van der Waals surface area contributed by atoms with Crippen LogP contribution in [0.25, 0.3) is 11.0 Å². The van der Waals surface area contributed by atoms with E-state index in [4.69, 9.17) is 9.97 Å². The fourth-order valence-electron chi connectivity index (χ4n) is 3.69. The molecule has 4 heterocycles. The Morgan fingerprint density at radius 3 is 2.43 bits per heavy atom. The van der Waals surface area contributed by atoms with Gasteiger partial charge in [0.15, 0.2) is 5.65 Å². The molecule has 2 fully saturated rings. The molecular formula is C17H26N6. The van der Waals surface area contributed by atoms with Gasteiger partial charge in [-0.3, -0.25) is 4.68 Å². The number of rotatable bonds is 2. The molecule has 2 saturated heterocycles. The normalized spacial score (nSPS) is 20.4. The van der Waals surface area contributed by atoms with E-state index in [0.717, 1.165) is 54.9 Å². The highest BCUT2D eigenvalue weighted by molar-refractivity contribution is 5.88. The average Bonchev–Trinajstić information content (AvgIpc) is 2.97. The predicted molar refractivity (Wildman–Crippen MR) is 93.0 cm³/mol. The lowest BCUT2D eigenvalue weighted by molar-refractivity contribution is 0.434. The standard InChI is InChI=1S/C17H26N6/c1-13-6-10-23(11-7-13)17-19-15-14(12-18-21(15)2)16(20-17)22-8-4-3-5-9-22/h12-13H,3-11H2,1-2H3. The molecule has 0 aliphatic carbocycles. The second-order valence-corrected chi connectivity index (χ2v) is 7.07. The molecule has 0 atom stereocenters. The van der Waals surface area contributed by atoms with Crippen molar-refractivity contribution < 1.29 is 0 Å². The van der Waals surface area contributed by atoms with Crippen molar-refractivity contribution in [1.82, 2.24) is 19.7 Å². The zero-order valence-electron chi connectivity index (χ0n) is 14.2. The van der Waals surface area contributed by atoms with Crippen LogP contribution in [0.5, 0.6) is 0 Å². The van der Waals surface area contributed by atoms with Crippen molar-refractivity contribution in [3.8, 4) is 0 Å². The molecule has 2 aromatic heterocycles. The molecule has 0 radical (unpaired) electrons. The van der Waals surface area contributed by atoms with Crippen LogP contribution in [0.2, 0.25) is 0 Å². The molecule has 0 spiro atoms. The van der Waals surface area contributed by atoms with Crippen molar-refractivity contribution in [2.24, 2.45) is 13.0 Å². The molecule has 23 heavy (non-hydrogen) atoms. The Morgan fingerprint density at radius 2 is 1.70 bits per heavy atom. The fourth-order valence-corrected chi connectivity index (χ4v) is 3.69. The molecule has 0 amide bonds. The van der Waals surface area contributed by atoms with E-state index in [0.29, 0.717) is 0 Å². The highest BCUT2D eigenvalue weighted by Gasteiger charge is 2.23. The fraction of sp³-hybridized carbons (Fsp3) is 0.706. The van der Waals surface area contributed by atoms with Crippen LogP contribution in [0.4, 0.5) is 11.8 Å². The maximum absolute atomic E-state index is 4.97. The van der Waals surface area contributed by atoms with Gasteiger partial charge in [-0.1, -0.05) is 6.92 Å². The molecule has 6 heteroatoms. The van der Waals surface area contributed by atoms with E-state index in [1.807, 2.05) is 17.9 Å². The molecule has 0 aromatic carbocycles. The smallest absolute Gasteiger partial charge is 0.229 e. The largest absolute Gasteiger partial charge is 0.356 e. The van der Waals surface area contributed by atoms with Gasteiger partial charge in [-0.25, -0.2) is 0 Å². The van der Waals surface area contributed by atoms with Gasteiger partial charge in [-0.2, -0.15) is 15.1 Å². The van der Waals surface area contributed by atoms with Crippen LogP contribution in [0, 0.1) is 5.92 Å². The second-order valence-electron chi connectivity index (χ2n) is 7.07. The number of piperidine rings is 2. The summed E-state index contributed by atoms with van der Waals surface area (Å²) in [5, 5.41) is 5.51. The van der Waals surface area contributed by atoms with E-state index in [1.165, 1.54) is 32.1 Å². The maximum Gasteiger partial charge on any atom is 0.229 e. The van der Waals surface area contributed by atoms with Gasteiger partial charge in [0.1, 0.15) is 5.82 Å². The Hall–Kier alpha value is -1.85. The van der Waals surface area contributed by atoms with Crippen LogP contribution >= 0.6 is 0 Å². The van der Waals surface area contributed by atoms with E-state index in [2.05, 4.69) is 21.8 Å². The van der Waals surface area contributed by atoms with Crippen LogP contribution < -0.4 is 9.80 Å². The van der Waals surface area contributed by atoms with E-state index >= 15 is 0 Å². The summed E-state index contributed by atoms with van der Waals surface area (Å²) in [6, 6.07) is 0. The van der Waals surface area contributed by atoms with Crippen molar-refractivity contribution in [2.45, 2.75) is 39.0 Å². The SMILES string of the molecule is CC1CCN(c2nc(N3CCCCC3)c3cnn(C)c3n2)CC1. The Bertz CT molecular complexity index is 680.